The third-order valence-corrected chi connectivity index (χ3v) is 5.48. The highest BCUT2D eigenvalue weighted by atomic mass is 35.5. The highest BCUT2D eigenvalue weighted by Gasteiger charge is 2.53. The van der Waals surface area contributed by atoms with Gasteiger partial charge in [-0.05, 0) is 45.9 Å². The Hall–Kier alpha value is -1.28. The summed E-state index contributed by atoms with van der Waals surface area (Å²) < 4.78 is 25.9. The molecule has 0 saturated carbocycles. The maximum atomic E-state index is 14.5. The molecule has 0 unspecified atom stereocenters. The van der Waals surface area contributed by atoms with Crippen LogP contribution in [0.4, 0.5) is 4.39 Å². The minimum Gasteiger partial charge on any atom is -0.398 e. The minimum atomic E-state index is -0.994. The molecule has 0 aliphatic carbocycles. The Morgan fingerprint density at radius 3 is 2.50 bits per heavy atom. The van der Waals surface area contributed by atoms with Crippen molar-refractivity contribution >= 4 is 36.1 Å². The van der Waals surface area contributed by atoms with Gasteiger partial charge in [-0.3, -0.25) is 4.98 Å². The summed E-state index contributed by atoms with van der Waals surface area (Å²) in [6.07, 6.45) is 4.52. The number of hydrogen-bond donors (Lipinski definition) is 0. The molecule has 0 aromatic carbocycles. The third-order valence-electron chi connectivity index (χ3n) is 4.24. The van der Waals surface area contributed by atoms with E-state index in [4.69, 9.17) is 20.9 Å². The van der Waals surface area contributed by atoms with Crippen LogP contribution >= 0.6 is 22.9 Å². The van der Waals surface area contributed by atoms with Gasteiger partial charge >= 0.3 is 7.12 Å². The van der Waals surface area contributed by atoms with Gasteiger partial charge in [0.15, 0.2) is 0 Å². The molecule has 0 N–H and O–H groups in total. The van der Waals surface area contributed by atoms with Gasteiger partial charge in [-0.1, -0.05) is 11.6 Å². The summed E-state index contributed by atoms with van der Waals surface area (Å²) in [5.74, 6) is 0. The van der Waals surface area contributed by atoms with Crippen LogP contribution in [0, 0.1) is 0 Å². The number of hydrogen-bond acceptors (Lipinski definition) is 5. The van der Waals surface area contributed by atoms with Crippen molar-refractivity contribution in [3.05, 3.63) is 40.3 Å². The normalized spacial score (nSPS) is 19.8. The monoisotopic (exact) mass is 366 g/mol. The molecular formula is C16H17BClFN2O2S. The molecule has 0 spiro atoms. The summed E-state index contributed by atoms with van der Waals surface area (Å²) in [7, 11) is -0.994. The predicted octanol–water partition coefficient (Wildman–Crippen LogP) is 4.80. The summed E-state index contributed by atoms with van der Waals surface area (Å²) in [6, 6.07) is 3.67. The predicted molar refractivity (Wildman–Crippen MR) is 95.5 cm³/mol. The van der Waals surface area contributed by atoms with E-state index in [0.717, 1.165) is 9.75 Å². The van der Waals surface area contributed by atoms with E-state index in [1.54, 1.807) is 6.20 Å². The van der Waals surface area contributed by atoms with Gasteiger partial charge < -0.3 is 9.31 Å². The van der Waals surface area contributed by atoms with E-state index in [1.165, 1.54) is 23.6 Å². The Kier molecular flexibility index (Phi) is 4.55. The summed E-state index contributed by atoms with van der Waals surface area (Å²) >= 11 is 7.24. The van der Waals surface area contributed by atoms with Crippen molar-refractivity contribution < 1.29 is 13.7 Å². The molecule has 0 radical (unpaired) electrons. The van der Waals surface area contributed by atoms with E-state index in [-0.39, 0.29) is 0 Å². The van der Waals surface area contributed by atoms with Crippen LogP contribution in [-0.2, 0) is 9.31 Å². The van der Waals surface area contributed by atoms with Crippen molar-refractivity contribution in [3.8, 4) is 10.6 Å². The zero-order valence-corrected chi connectivity index (χ0v) is 15.4. The minimum absolute atomic E-state index is 0.321. The number of thiophene rings is 1. The molecule has 0 amide bonds. The van der Waals surface area contributed by atoms with E-state index in [1.807, 2.05) is 39.8 Å². The van der Waals surface area contributed by atoms with Crippen LogP contribution in [0.5, 0.6) is 0 Å². The summed E-state index contributed by atoms with van der Waals surface area (Å²) in [5, 5.41) is 0.321. The lowest BCUT2D eigenvalue weighted by Gasteiger charge is -2.32. The first-order valence-corrected chi connectivity index (χ1v) is 8.68. The Labute approximate surface area is 149 Å². The van der Waals surface area contributed by atoms with Crippen LogP contribution in [0.3, 0.4) is 0 Å². The molecule has 126 valence electrons. The van der Waals surface area contributed by atoms with Gasteiger partial charge in [0.05, 0.1) is 28.5 Å². The van der Waals surface area contributed by atoms with E-state index < -0.39 is 24.0 Å². The van der Waals surface area contributed by atoms with Crippen molar-refractivity contribution in [1.29, 1.82) is 0 Å². The van der Waals surface area contributed by atoms with Crippen LogP contribution in [0.15, 0.2) is 30.3 Å². The van der Waals surface area contributed by atoms with Crippen LogP contribution in [-0.4, -0.2) is 28.3 Å². The van der Waals surface area contributed by atoms with E-state index in [2.05, 4.69) is 9.97 Å². The smallest absolute Gasteiger partial charge is 0.398 e. The fourth-order valence-electron chi connectivity index (χ4n) is 2.19. The first-order valence-electron chi connectivity index (χ1n) is 7.48. The lowest BCUT2D eigenvalue weighted by atomic mass is 9.87. The molecule has 1 fully saturated rings. The zero-order chi connectivity index (χ0) is 17.5. The number of rotatable bonds is 3. The quantitative estimate of drug-likeness (QED) is 0.732. The Balaban J connectivity index is 1.80. The van der Waals surface area contributed by atoms with Gasteiger partial charge in [0, 0.05) is 4.88 Å². The molecule has 4 nitrogen and oxygen atoms in total. The van der Waals surface area contributed by atoms with Gasteiger partial charge in [0.1, 0.15) is 16.6 Å². The van der Waals surface area contributed by atoms with E-state index in [0.29, 0.717) is 10.8 Å². The van der Waals surface area contributed by atoms with E-state index >= 15 is 0 Å². The van der Waals surface area contributed by atoms with Crippen molar-refractivity contribution in [2.45, 2.75) is 38.9 Å². The van der Waals surface area contributed by atoms with Crippen LogP contribution < -0.4 is 0 Å². The lowest BCUT2D eigenvalue weighted by Crippen LogP contribution is -2.41. The zero-order valence-electron chi connectivity index (χ0n) is 13.8. The second kappa shape index (κ2) is 6.22. The summed E-state index contributed by atoms with van der Waals surface area (Å²) in [4.78, 5) is 9.80. The van der Waals surface area contributed by atoms with Crippen molar-refractivity contribution in [3.63, 3.8) is 0 Å². The van der Waals surface area contributed by atoms with Gasteiger partial charge in [0.2, 0.25) is 0 Å². The van der Waals surface area contributed by atoms with Crippen LogP contribution in [0.25, 0.3) is 16.6 Å². The topological polar surface area (TPSA) is 44.2 Å². The lowest BCUT2D eigenvalue weighted by molar-refractivity contribution is 0.00578. The average molecular weight is 367 g/mol. The van der Waals surface area contributed by atoms with Gasteiger partial charge in [0.25, 0.3) is 0 Å². The largest absolute Gasteiger partial charge is 0.525 e. The van der Waals surface area contributed by atoms with Crippen LogP contribution in [0.1, 0.15) is 32.6 Å². The fourth-order valence-corrected chi connectivity index (χ4v) is 3.24. The molecule has 0 bridgehead atoms. The fraction of sp³-hybridized carbons (Fsp3) is 0.375. The van der Waals surface area contributed by atoms with Gasteiger partial charge in [-0.15, -0.1) is 11.3 Å². The SMILES string of the molecule is CC1(C)OB(C(F)=Cc2ccc(-c3cncc(Cl)n3)s2)OC1(C)C. The Morgan fingerprint density at radius 2 is 1.88 bits per heavy atom. The molecule has 3 heterocycles. The highest BCUT2D eigenvalue weighted by Crippen LogP contribution is 2.39. The Bertz CT molecular complexity index is 778. The maximum Gasteiger partial charge on any atom is 0.525 e. The number of halogens is 2. The highest BCUT2D eigenvalue weighted by molar-refractivity contribution is 7.16. The molecule has 1 aliphatic rings. The van der Waals surface area contributed by atoms with Crippen LogP contribution in [0.2, 0.25) is 5.15 Å². The van der Waals surface area contributed by atoms with Crippen molar-refractivity contribution in [2.75, 3.05) is 0 Å². The molecule has 24 heavy (non-hydrogen) atoms. The molecule has 0 atom stereocenters. The van der Waals surface area contributed by atoms with Crippen molar-refractivity contribution in [2.24, 2.45) is 0 Å². The molecular weight excluding hydrogens is 350 g/mol. The third kappa shape index (κ3) is 3.40. The molecule has 1 aliphatic heterocycles. The second-order valence-electron chi connectivity index (χ2n) is 6.55. The summed E-state index contributed by atoms with van der Waals surface area (Å²) in [6.45, 7) is 7.56. The molecule has 2 aromatic rings. The first-order chi connectivity index (χ1) is 11.2. The number of nitrogens with zero attached hydrogens (tertiary/aromatic N) is 2. The molecule has 2 aromatic heterocycles. The molecule has 1 saturated heterocycles. The maximum absolute atomic E-state index is 14.5. The first kappa shape index (κ1) is 17.5. The standard InChI is InChI=1S/C16H17BClFN2O2S/c1-15(2)16(3,4)23-17(22-15)13(19)7-10-5-6-12(24-10)11-8-20-9-14(18)21-11/h5-9H,1-4H3. The van der Waals surface area contributed by atoms with Crippen molar-refractivity contribution in [1.82, 2.24) is 9.97 Å². The molecule has 8 heteroatoms. The second-order valence-corrected chi connectivity index (χ2v) is 8.05. The summed E-state index contributed by atoms with van der Waals surface area (Å²) in [5.41, 5.74) is -0.943. The average Bonchev–Trinajstić information content (AvgIpc) is 3.02. The Morgan fingerprint density at radius 1 is 1.21 bits per heavy atom. The number of aromatic nitrogens is 2. The molecule has 3 rings (SSSR count). The van der Waals surface area contributed by atoms with E-state index in [9.17, 15) is 4.39 Å². The van der Waals surface area contributed by atoms with Gasteiger partial charge in [-0.2, -0.15) is 0 Å². The van der Waals surface area contributed by atoms with Gasteiger partial charge in [-0.25, -0.2) is 9.37 Å².